The predicted molar refractivity (Wildman–Crippen MR) is 107 cm³/mol. The van der Waals surface area contributed by atoms with Crippen LogP contribution in [0, 0.1) is 0 Å². The Balaban J connectivity index is 1.69. The second-order valence-corrected chi connectivity index (χ2v) is 6.81. The van der Waals surface area contributed by atoms with E-state index < -0.39 is 0 Å². The summed E-state index contributed by atoms with van der Waals surface area (Å²) in [6.45, 7) is 0. The third kappa shape index (κ3) is 4.64. The van der Waals surface area contributed by atoms with Crippen molar-refractivity contribution in [1.29, 1.82) is 0 Å². The van der Waals surface area contributed by atoms with Crippen LogP contribution >= 0.6 is 22.9 Å². The topological polar surface area (TPSA) is 72.8 Å². The first-order valence-electron chi connectivity index (χ1n) is 7.88. The van der Waals surface area contributed by atoms with Crippen LogP contribution in [0.2, 0.25) is 5.02 Å². The number of nitrogens with one attached hydrogen (secondary N) is 1. The van der Waals surface area contributed by atoms with Gasteiger partial charge in [0.1, 0.15) is 21.4 Å². The van der Waals surface area contributed by atoms with Gasteiger partial charge in [-0.25, -0.2) is 10.4 Å². The Morgan fingerprint density at radius 1 is 1.19 bits per heavy atom. The number of carbonyl (C=O) groups is 1. The Morgan fingerprint density at radius 3 is 2.67 bits per heavy atom. The van der Waals surface area contributed by atoms with Crippen LogP contribution < -0.4 is 14.9 Å². The van der Waals surface area contributed by atoms with Crippen LogP contribution in [0.3, 0.4) is 0 Å². The maximum absolute atomic E-state index is 12.3. The van der Waals surface area contributed by atoms with E-state index in [1.54, 1.807) is 32.6 Å². The van der Waals surface area contributed by atoms with Crippen molar-refractivity contribution in [2.45, 2.75) is 0 Å². The first kappa shape index (κ1) is 18.9. The number of hydrazone groups is 1. The molecule has 27 heavy (non-hydrogen) atoms. The van der Waals surface area contributed by atoms with Crippen LogP contribution in [0.15, 0.2) is 53.8 Å². The number of amides is 1. The van der Waals surface area contributed by atoms with Gasteiger partial charge in [-0.15, -0.1) is 11.3 Å². The normalized spacial score (nSPS) is 10.8. The summed E-state index contributed by atoms with van der Waals surface area (Å²) in [6, 6.07) is 12.6. The molecule has 0 aliphatic heterocycles. The van der Waals surface area contributed by atoms with Gasteiger partial charge < -0.3 is 9.47 Å². The molecule has 1 amide bonds. The Labute approximate surface area is 165 Å². The lowest BCUT2D eigenvalue weighted by Crippen LogP contribution is -2.16. The fraction of sp³-hybridized carbons (Fsp3) is 0.105. The standard InChI is InChI=1S/C19H16ClN3O3S/c1-25-14-6-3-12(4-7-14)10-22-23-18(24)17-11-21-19(27-17)15-8-5-13(20)9-16(15)26-2/h3-11H,1-2H3,(H,23,24)/b22-10+. The van der Waals surface area contributed by atoms with Gasteiger partial charge in [-0.2, -0.15) is 5.10 Å². The third-order valence-corrected chi connectivity index (χ3v) is 4.88. The summed E-state index contributed by atoms with van der Waals surface area (Å²) in [7, 11) is 3.16. The smallest absolute Gasteiger partial charge is 0.283 e. The molecule has 0 aliphatic carbocycles. The van der Waals surface area contributed by atoms with Crippen LogP contribution in [-0.4, -0.2) is 31.3 Å². The number of ether oxygens (including phenoxy) is 2. The van der Waals surface area contributed by atoms with Gasteiger partial charge in [-0.05, 0) is 48.0 Å². The van der Waals surface area contributed by atoms with Crippen molar-refractivity contribution in [3.8, 4) is 22.1 Å². The Kier molecular flexibility index (Phi) is 6.05. The molecule has 2 aromatic carbocycles. The second-order valence-electron chi connectivity index (χ2n) is 5.35. The van der Waals surface area contributed by atoms with Gasteiger partial charge in [0, 0.05) is 5.02 Å². The zero-order valence-electron chi connectivity index (χ0n) is 14.6. The van der Waals surface area contributed by atoms with Gasteiger partial charge in [0.2, 0.25) is 0 Å². The zero-order valence-corrected chi connectivity index (χ0v) is 16.2. The van der Waals surface area contributed by atoms with Crippen molar-refractivity contribution in [3.05, 3.63) is 64.1 Å². The summed E-state index contributed by atoms with van der Waals surface area (Å²) in [4.78, 5) is 17.0. The fourth-order valence-electron chi connectivity index (χ4n) is 2.26. The van der Waals surface area contributed by atoms with E-state index in [1.807, 2.05) is 30.3 Å². The van der Waals surface area contributed by atoms with Gasteiger partial charge >= 0.3 is 0 Å². The Morgan fingerprint density at radius 2 is 1.96 bits per heavy atom. The summed E-state index contributed by atoms with van der Waals surface area (Å²) < 4.78 is 10.4. The molecule has 0 unspecified atom stereocenters. The zero-order chi connectivity index (χ0) is 19.2. The first-order chi connectivity index (χ1) is 13.1. The second kappa shape index (κ2) is 8.66. The molecule has 1 heterocycles. The van der Waals surface area contributed by atoms with Gasteiger partial charge in [0.15, 0.2) is 0 Å². The van der Waals surface area contributed by atoms with Crippen LogP contribution in [0.4, 0.5) is 0 Å². The van der Waals surface area contributed by atoms with E-state index in [0.717, 1.165) is 16.9 Å². The summed E-state index contributed by atoms with van der Waals surface area (Å²) in [6.07, 6.45) is 3.06. The van der Waals surface area contributed by atoms with Crippen molar-refractivity contribution in [1.82, 2.24) is 10.4 Å². The van der Waals surface area contributed by atoms with Gasteiger partial charge in [-0.1, -0.05) is 11.6 Å². The van der Waals surface area contributed by atoms with Crippen molar-refractivity contribution in [3.63, 3.8) is 0 Å². The maximum Gasteiger partial charge on any atom is 0.283 e. The summed E-state index contributed by atoms with van der Waals surface area (Å²) in [5, 5.41) is 5.20. The highest BCUT2D eigenvalue weighted by Gasteiger charge is 2.14. The molecule has 8 heteroatoms. The number of halogens is 1. The number of carbonyl (C=O) groups excluding carboxylic acids is 1. The quantitative estimate of drug-likeness (QED) is 0.495. The molecule has 0 fully saturated rings. The van der Waals surface area contributed by atoms with E-state index >= 15 is 0 Å². The van der Waals surface area contributed by atoms with E-state index in [4.69, 9.17) is 21.1 Å². The number of hydrogen-bond donors (Lipinski definition) is 1. The minimum absolute atomic E-state index is 0.337. The highest BCUT2D eigenvalue weighted by Crippen LogP contribution is 2.34. The summed E-state index contributed by atoms with van der Waals surface area (Å²) in [5.41, 5.74) is 4.11. The molecule has 3 aromatic rings. The molecular formula is C19H16ClN3O3S. The van der Waals surface area contributed by atoms with Crippen LogP contribution in [0.25, 0.3) is 10.6 Å². The molecule has 1 N–H and O–H groups in total. The van der Waals surface area contributed by atoms with Crippen molar-refractivity contribution in [2.75, 3.05) is 14.2 Å². The lowest BCUT2D eigenvalue weighted by molar-refractivity contribution is 0.0959. The number of hydrogen-bond acceptors (Lipinski definition) is 6. The number of thiazole rings is 1. The van der Waals surface area contributed by atoms with E-state index in [1.165, 1.54) is 17.5 Å². The number of aromatic nitrogens is 1. The van der Waals surface area contributed by atoms with Crippen LogP contribution in [0.5, 0.6) is 11.5 Å². The first-order valence-corrected chi connectivity index (χ1v) is 9.07. The highest BCUT2D eigenvalue weighted by atomic mass is 35.5. The van der Waals surface area contributed by atoms with Crippen molar-refractivity contribution in [2.24, 2.45) is 5.10 Å². The number of benzene rings is 2. The fourth-order valence-corrected chi connectivity index (χ4v) is 3.25. The lowest BCUT2D eigenvalue weighted by atomic mass is 10.2. The Bertz CT molecular complexity index is 971. The highest BCUT2D eigenvalue weighted by molar-refractivity contribution is 7.16. The molecule has 1 aromatic heterocycles. The monoisotopic (exact) mass is 401 g/mol. The molecule has 138 valence electrons. The largest absolute Gasteiger partial charge is 0.497 e. The summed E-state index contributed by atoms with van der Waals surface area (Å²) in [5.74, 6) is 1.02. The molecule has 0 spiro atoms. The average Bonchev–Trinajstić information content (AvgIpc) is 3.18. The van der Waals surface area contributed by atoms with Crippen LogP contribution in [0.1, 0.15) is 15.2 Å². The number of methoxy groups -OCH3 is 2. The van der Waals surface area contributed by atoms with E-state index in [-0.39, 0.29) is 5.91 Å². The molecular weight excluding hydrogens is 386 g/mol. The Hall–Kier alpha value is -2.90. The minimum Gasteiger partial charge on any atom is -0.497 e. The van der Waals surface area contributed by atoms with E-state index in [9.17, 15) is 4.79 Å². The molecule has 0 radical (unpaired) electrons. The van der Waals surface area contributed by atoms with Gasteiger partial charge in [-0.3, -0.25) is 4.79 Å². The third-order valence-electron chi connectivity index (χ3n) is 3.62. The summed E-state index contributed by atoms with van der Waals surface area (Å²) >= 11 is 7.22. The number of rotatable bonds is 6. The predicted octanol–water partition coefficient (Wildman–Crippen LogP) is 4.24. The molecule has 0 saturated heterocycles. The molecule has 0 bridgehead atoms. The van der Waals surface area contributed by atoms with E-state index in [0.29, 0.717) is 20.7 Å². The van der Waals surface area contributed by atoms with E-state index in [2.05, 4.69) is 15.5 Å². The molecule has 3 rings (SSSR count). The van der Waals surface area contributed by atoms with Gasteiger partial charge in [0.25, 0.3) is 5.91 Å². The minimum atomic E-state index is -0.337. The van der Waals surface area contributed by atoms with Crippen molar-refractivity contribution >= 4 is 35.1 Å². The molecule has 0 saturated carbocycles. The lowest BCUT2D eigenvalue weighted by Gasteiger charge is -2.05. The molecule has 6 nitrogen and oxygen atoms in total. The SMILES string of the molecule is COc1ccc(/C=N/NC(=O)c2cnc(-c3ccc(Cl)cc3OC)s2)cc1. The van der Waals surface area contributed by atoms with Crippen LogP contribution in [-0.2, 0) is 0 Å². The molecule has 0 atom stereocenters. The van der Waals surface area contributed by atoms with Crippen molar-refractivity contribution < 1.29 is 14.3 Å². The number of nitrogens with zero attached hydrogens (tertiary/aromatic N) is 2. The average molecular weight is 402 g/mol. The maximum atomic E-state index is 12.3. The van der Waals surface area contributed by atoms with Gasteiger partial charge in [0.05, 0.1) is 32.2 Å². The molecule has 0 aliphatic rings.